The summed E-state index contributed by atoms with van der Waals surface area (Å²) in [6, 6.07) is 15.8. The molecule has 0 spiro atoms. The minimum absolute atomic E-state index is 0.150. The molecule has 0 amide bonds. The Bertz CT molecular complexity index is 923. The first-order valence-electron chi connectivity index (χ1n) is 9.59. The second-order valence-electron chi connectivity index (χ2n) is 6.51. The molecule has 0 heterocycles. The van der Waals surface area contributed by atoms with Crippen LogP contribution in [0.4, 0.5) is 0 Å². The third-order valence-corrected chi connectivity index (χ3v) is 5.55. The number of hydrogen-bond donors (Lipinski definition) is 3. The zero-order chi connectivity index (χ0) is 22.7. The molecule has 3 rings (SSSR count). The van der Waals surface area contributed by atoms with Crippen LogP contribution in [0.15, 0.2) is 54.6 Å². The molecule has 0 aliphatic heterocycles. The molecule has 0 aliphatic rings. The number of phenolic OH excluding ortho intramolecular Hbond substituents is 3. The molecule has 6 heteroatoms. The zero-order valence-corrected chi connectivity index (χ0v) is 19.6. The molecular formula is C24H27Cl3O3. The Balaban J connectivity index is 0.000000226. The minimum atomic E-state index is 0.150. The number of benzene rings is 3. The summed E-state index contributed by atoms with van der Waals surface area (Å²) >= 11 is 17.2. The molecule has 162 valence electrons. The van der Waals surface area contributed by atoms with Gasteiger partial charge in [-0.3, -0.25) is 0 Å². The maximum absolute atomic E-state index is 9.19. The molecule has 0 fully saturated rings. The van der Waals surface area contributed by atoms with Gasteiger partial charge in [0, 0.05) is 0 Å². The standard InChI is InChI=1S/C9H11ClO.C8H9ClO.C7H7ClO/c1-2-4-7-5-3-6-8(11)9(7)10;1-2-6-4-3-5-7(10)8(6)9;1-5-3-2-4-6(9)7(5)8/h3,5-6,11H,2,4H2,1H3;3-5,10H,2H2,1H3;2-4,9H,1H3. The molecular weight excluding hydrogens is 443 g/mol. The predicted octanol–water partition coefficient (Wildman–Crippen LogP) is 7.96. The third-order valence-electron chi connectivity index (χ3n) is 4.19. The number of aryl methyl sites for hydroxylation is 3. The molecule has 3 nitrogen and oxygen atoms in total. The van der Waals surface area contributed by atoms with Gasteiger partial charge in [-0.05, 0) is 54.7 Å². The summed E-state index contributed by atoms with van der Waals surface area (Å²) in [5.74, 6) is 0.496. The molecule has 0 atom stereocenters. The van der Waals surface area contributed by atoms with Gasteiger partial charge in [-0.15, -0.1) is 0 Å². The molecule has 0 aliphatic carbocycles. The Morgan fingerprint density at radius 2 is 1.07 bits per heavy atom. The van der Waals surface area contributed by atoms with Crippen molar-refractivity contribution in [1.82, 2.24) is 0 Å². The SMILES string of the molecule is CCCc1cccc(O)c1Cl.CCc1cccc(O)c1Cl.Cc1cccc(O)c1Cl. The fourth-order valence-electron chi connectivity index (χ4n) is 2.50. The second-order valence-corrected chi connectivity index (χ2v) is 7.65. The highest BCUT2D eigenvalue weighted by molar-refractivity contribution is 6.33. The van der Waals surface area contributed by atoms with E-state index in [-0.39, 0.29) is 17.2 Å². The Morgan fingerprint density at radius 1 is 0.633 bits per heavy atom. The van der Waals surface area contributed by atoms with E-state index in [0.29, 0.717) is 15.1 Å². The van der Waals surface area contributed by atoms with Gasteiger partial charge in [-0.1, -0.05) is 91.5 Å². The topological polar surface area (TPSA) is 60.7 Å². The lowest BCUT2D eigenvalue weighted by atomic mass is 10.1. The van der Waals surface area contributed by atoms with E-state index in [1.54, 1.807) is 30.3 Å². The molecule has 3 aromatic rings. The van der Waals surface area contributed by atoms with Crippen molar-refractivity contribution in [3.8, 4) is 17.2 Å². The summed E-state index contributed by atoms with van der Waals surface area (Å²) in [5, 5.41) is 28.7. The van der Waals surface area contributed by atoms with Crippen molar-refractivity contribution in [2.75, 3.05) is 0 Å². The number of phenols is 3. The fraction of sp³-hybridized carbons (Fsp3) is 0.250. The first kappa shape index (κ1) is 26.0. The van der Waals surface area contributed by atoms with Crippen LogP contribution in [-0.2, 0) is 12.8 Å². The summed E-state index contributed by atoms with van der Waals surface area (Å²) < 4.78 is 0. The molecule has 0 saturated heterocycles. The van der Waals surface area contributed by atoms with Crippen molar-refractivity contribution in [2.24, 2.45) is 0 Å². The van der Waals surface area contributed by atoms with Crippen LogP contribution in [0.2, 0.25) is 15.1 Å². The van der Waals surface area contributed by atoms with E-state index in [1.807, 2.05) is 38.1 Å². The Kier molecular flexibility index (Phi) is 11.5. The van der Waals surface area contributed by atoms with Crippen molar-refractivity contribution in [3.05, 3.63) is 86.4 Å². The van der Waals surface area contributed by atoms with Crippen LogP contribution in [0.5, 0.6) is 17.2 Å². The van der Waals surface area contributed by atoms with Crippen LogP contribution < -0.4 is 0 Å². The van der Waals surface area contributed by atoms with Gasteiger partial charge in [-0.2, -0.15) is 0 Å². The van der Waals surface area contributed by atoms with Crippen molar-refractivity contribution < 1.29 is 15.3 Å². The first-order chi connectivity index (χ1) is 14.2. The van der Waals surface area contributed by atoms with Gasteiger partial charge in [0.2, 0.25) is 0 Å². The van der Waals surface area contributed by atoms with Gasteiger partial charge in [0.25, 0.3) is 0 Å². The monoisotopic (exact) mass is 468 g/mol. The van der Waals surface area contributed by atoms with Crippen LogP contribution in [-0.4, -0.2) is 15.3 Å². The smallest absolute Gasteiger partial charge is 0.134 e. The predicted molar refractivity (Wildman–Crippen MR) is 127 cm³/mol. The van der Waals surface area contributed by atoms with Crippen LogP contribution in [0.3, 0.4) is 0 Å². The lowest BCUT2D eigenvalue weighted by Crippen LogP contribution is -1.83. The Hall–Kier alpha value is -2.07. The third kappa shape index (κ3) is 7.98. The van der Waals surface area contributed by atoms with Crippen molar-refractivity contribution in [2.45, 2.75) is 40.0 Å². The second kappa shape index (κ2) is 13.3. The zero-order valence-electron chi connectivity index (χ0n) is 17.3. The summed E-state index contributed by atoms with van der Waals surface area (Å²) in [4.78, 5) is 0. The van der Waals surface area contributed by atoms with Gasteiger partial charge < -0.3 is 15.3 Å². The highest BCUT2D eigenvalue weighted by Crippen LogP contribution is 2.28. The van der Waals surface area contributed by atoms with Crippen LogP contribution in [0.1, 0.15) is 37.0 Å². The Labute approximate surface area is 193 Å². The van der Waals surface area contributed by atoms with Crippen LogP contribution >= 0.6 is 34.8 Å². The van der Waals surface area contributed by atoms with Gasteiger partial charge in [0.15, 0.2) is 0 Å². The summed E-state index contributed by atoms with van der Waals surface area (Å²) in [6.07, 6.45) is 2.82. The van der Waals surface area contributed by atoms with Gasteiger partial charge in [0.1, 0.15) is 17.2 Å². The van der Waals surface area contributed by atoms with Gasteiger partial charge in [-0.25, -0.2) is 0 Å². The van der Waals surface area contributed by atoms with Crippen molar-refractivity contribution >= 4 is 34.8 Å². The highest BCUT2D eigenvalue weighted by Gasteiger charge is 2.02. The minimum Gasteiger partial charge on any atom is -0.506 e. The number of halogens is 3. The number of aromatic hydroxyl groups is 3. The van der Waals surface area contributed by atoms with E-state index >= 15 is 0 Å². The first-order valence-corrected chi connectivity index (χ1v) is 10.7. The van der Waals surface area contributed by atoms with E-state index < -0.39 is 0 Å². The molecule has 0 bridgehead atoms. The van der Waals surface area contributed by atoms with E-state index in [4.69, 9.17) is 45.0 Å². The molecule has 3 N–H and O–H groups in total. The van der Waals surface area contributed by atoms with Gasteiger partial charge in [0.05, 0.1) is 15.1 Å². The van der Waals surface area contributed by atoms with Crippen molar-refractivity contribution in [1.29, 1.82) is 0 Å². The lowest BCUT2D eigenvalue weighted by Gasteiger charge is -2.02. The van der Waals surface area contributed by atoms with Crippen LogP contribution in [0, 0.1) is 6.92 Å². The molecule has 3 aromatic carbocycles. The molecule has 0 unspecified atom stereocenters. The number of rotatable bonds is 3. The quantitative estimate of drug-likeness (QED) is 0.364. The molecule has 0 radical (unpaired) electrons. The maximum Gasteiger partial charge on any atom is 0.134 e. The lowest BCUT2D eigenvalue weighted by molar-refractivity contribution is 0.474. The van der Waals surface area contributed by atoms with E-state index in [2.05, 4.69) is 6.92 Å². The fourth-order valence-corrected chi connectivity index (χ4v) is 3.11. The highest BCUT2D eigenvalue weighted by atomic mass is 35.5. The summed E-state index contributed by atoms with van der Waals surface area (Å²) in [6.45, 7) is 5.93. The van der Waals surface area contributed by atoms with E-state index in [1.165, 1.54) is 0 Å². The molecule has 30 heavy (non-hydrogen) atoms. The largest absolute Gasteiger partial charge is 0.506 e. The average Bonchev–Trinajstić information content (AvgIpc) is 2.73. The average molecular weight is 470 g/mol. The summed E-state index contributed by atoms with van der Waals surface area (Å²) in [5.41, 5.74) is 2.91. The van der Waals surface area contributed by atoms with Crippen LogP contribution in [0.25, 0.3) is 0 Å². The van der Waals surface area contributed by atoms with E-state index in [9.17, 15) is 5.11 Å². The maximum atomic E-state index is 9.19. The molecule has 0 aromatic heterocycles. The Morgan fingerprint density at radius 3 is 1.47 bits per heavy atom. The molecule has 0 saturated carbocycles. The van der Waals surface area contributed by atoms with Crippen molar-refractivity contribution in [3.63, 3.8) is 0 Å². The van der Waals surface area contributed by atoms with E-state index in [0.717, 1.165) is 36.0 Å². The number of hydrogen-bond acceptors (Lipinski definition) is 3. The summed E-state index contributed by atoms with van der Waals surface area (Å²) in [7, 11) is 0. The van der Waals surface area contributed by atoms with Gasteiger partial charge >= 0.3 is 0 Å². The normalized spacial score (nSPS) is 9.80.